The van der Waals surface area contributed by atoms with Crippen LogP contribution in [0.3, 0.4) is 0 Å². The van der Waals surface area contributed by atoms with Crippen molar-refractivity contribution in [2.75, 3.05) is 18.1 Å². The monoisotopic (exact) mass is 448 g/mol. The van der Waals surface area contributed by atoms with Crippen LogP contribution in [0.4, 0.5) is 0 Å². The van der Waals surface area contributed by atoms with Crippen LogP contribution < -0.4 is 15.6 Å². The van der Waals surface area contributed by atoms with Crippen molar-refractivity contribution in [3.8, 4) is 5.75 Å². The highest BCUT2D eigenvalue weighted by Crippen LogP contribution is 2.65. The van der Waals surface area contributed by atoms with Crippen LogP contribution in [0.5, 0.6) is 5.75 Å². The van der Waals surface area contributed by atoms with Crippen molar-refractivity contribution in [1.29, 1.82) is 0 Å². The van der Waals surface area contributed by atoms with Crippen LogP contribution in [0.25, 0.3) is 0 Å². The second kappa shape index (κ2) is 8.65. The van der Waals surface area contributed by atoms with Crippen molar-refractivity contribution in [2.45, 2.75) is 55.9 Å². The molecule has 1 aromatic carbocycles. The SMILES string of the molecule is CC(C)(C)c1ccc(OCC(=O)NNC(=O)C2CC3CCC(C2)C32SCCS2)cc1. The highest BCUT2D eigenvalue weighted by molar-refractivity contribution is 8.21. The van der Waals surface area contributed by atoms with E-state index in [2.05, 4.69) is 55.1 Å². The van der Waals surface area contributed by atoms with Crippen molar-refractivity contribution in [3.05, 3.63) is 29.8 Å². The second-order valence-corrected chi connectivity index (χ2v) is 12.7. The van der Waals surface area contributed by atoms with Crippen molar-refractivity contribution in [2.24, 2.45) is 17.8 Å². The molecule has 1 saturated heterocycles. The van der Waals surface area contributed by atoms with Crippen LogP contribution in [0.2, 0.25) is 0 Å². The van der Waals surface area contributed by atoms with Gasteiger partial charge in [0.05, 0.1) is 4.08 Å². The number of amides is 2. The summed E-state index contributed by atoms with van der Waals surface area (Å²) in [7, 11) is 0. The molecule has 1 spiro atoms. The van der Waals surface area contributed by atoms with Gasteiger partial charge in [0.25, 0.3) is 5.91 Å². The summed E-state index contributed by atoms with van der Waals surface area (Å²) < 4.78 is 5.92. The number of rotatable bonds is 4. The Labute approximate surface area is 187 Å². The third-order valence-electron chi connectivity index (χ3n) is 6.66. The van der Waals surface area contributed by atoms with Crippen LogP contribution >= 0.6 is 23.5 Å². The quantitative estimate of drug-likeness (QED) is 0.678. The lowest BCUT2D eigenvalue weighted by Gasteiger charge is -2.42. The summed E-state index contributed by atoms with van der Waals surface area (Å²) in [5.41, 5.74) is 6.45. The molecule has 1 heterocycles. The smallest absolute Gasteiger partial charge is 0.276 e. The van der Waals surface area contributed by atoms with Gasteiger partial charge in [0.2, 0.25) is 5.91 Å². The van der Waals surface area contributed by atoms with E-state index in [1.54, 1.807) is 0 Å². The lowest BCUT2D eigenvalue weighted by atomic mass is 9.79. The lowest BCUT2D eigenvalue weighted by Crippen LogP contribution is -2.49. The minimum Gasteiger partial charge on any atom is -0.484 e. The highest BCUT2D eigenvalue weighted by atomic mass is 32.2. The number of hydrogen-bond donors (Lipinski definition) is 2. The third-order valence-corrected chi connectivity index (χ3v) is 10.7. The number of carbonyl (C=O) groups is 2. The van der Waals surface area contributed by atoms with E-state index < -0.39 is 0 Å². The molecule has 0 radical (unpaired) electrons. The largest absolute Gasteiger partial charge is 0.484 e. The molecular weight excluding hydrogens is 416 g/mol. The Hall–Kier alpha value is -1.34. The van der Waals surface area contributed by atoms with Crippen molar-refractivity contribution in [1.82, 2.24) is 10.9 Å². The molecule has 2 saturated carbocycles. The zero-order valence-corrected chi connectivity index (χ0v) is 19.7. The molecule has 7 heteroatoms. The summed E-state index contributed by atoms with van der Waals surface area (Å²) in [6, 6.07) is 7.78. The van der Waals surface area contributed by atoms with Crippen LogP contribution in [-0.4, -0.2) is 34.0 Å². The number of benzene rings is 1. The van der Waals surface area contributed by atoms with Crippen LogP contribution in [0.1, 0.15) is 52.0 Å². The van der Waals surface area contributed by atoms with E-state index in [9.17, 15) is 9.59 Å². The van der Waals surface area contributed by atoms with Gasteiger partial charge < -0.3 is 4.74 Å². The molecule has 2 aliphatic carbocycles. The van der Waals surface area contributed by atoms with Crippen molar-refractivity contribution < 1.29 is 14.3 Å². The molecule has 30 heavy (non-hydrogen) atoms. The topological polar surface area (TPSA) is 67.4 Å². The Bertz CT molecular complexity index is 769. The molecule has 2 N–H and O–H groups in total. The Balaban J connectivity index is 1.21. The molecule has 2 atom stereocenters. The molecule has 0 aromatic heterocycles. The minimum absolute atomic E-state index is 0.00101. The molecule has 2 bridgehead atoms. The fourth-order valence-electron chi connectivity index (χ4n) is 5.08. The van der Waals surface area contributed by atoms with Crippen molar-refractivity contribution in [3.63, 3.8) is 0 Å². The first-order valence-corrected chi connectivity index (χ1v) is 12.8. The molecule has 2 amide bonds. The van der Waals surface area contributed by atoms with Gasteiger partial charge in [-0.3, -0.25) is 20.4 Å². The molecule has 2 unspecified atom stereocenters. The van der Waals surface area contributed by atoms with Gasteiger partial charge >= 0.3 is 0 Å². The summed E-state index contributed by atoms with van der Waals surface area (Å²) in [4.78, 5) is 24.8. The van der Waals surface area contributed by atoms with E-state index in [1.807, 2.05) is 24.3 Å². The summed E-state index contributed by atoms with van der Waals surface area (Å²) in [5.74, 6) is 3.97. The molecule has 164 valence electrons. The van der Waals surface area contributed by atoms with E-state index in [0.29, 0.717) is 21.7 Å². The van der Waals surface area contributed by atoms with E-state index >= 15 is 0 Å². The zero-order valence-electron chi connectivity index (χ0n) is 18.0. The van der Waals surface area contributed by atoms with Gasteiger partial charge in [0.1, 0.15) is 5.75 Å². The van der Waals surface area contributed by atoms with Gasteiger partial charge in [-0.2, -0.15) is 0 Å². The molecule has 1 aliphatic heterocycles. The van der Waals surface area contributed by atoms with Gasteiger partial charge in [0, 0.05) is 17.4 Å². The van der Waals surface area contributed by atoms with E-state index in [0.717, 1.165) is 12.8 Å². The molecule has 1 aromatic rings. The van der Waals surface area contributed by atoms with E-state index in [-0.39, 0.29) is 29.8 Å². The first kappa shape index (κ1) is 21.9. The van der Waals surface area contributed by atoms with Gasteiger partial charge in [-0.05, 0) is 60.6 Å². The predicted octanol–water partition coefficient (Wildman–Crippen LogP) is 4.12. The second-order valence-electron chi connectivity index (χ2n) is 9.66. The van der Waals surface area contributed by atoms with Crippen LogP contribution in [0.15, 0.2) is 24.3 Å². The Morgan fingerprint density at radius 3 is 2.20 bits per heavy atom. The van der Waals surface area contributed by atoms with Gasteiger partial charge in [0.15, 0.2) is 6.61 Å². The predicted molar refractivity (Wildman–Crippen MR) is 124 cm³/mol. The van der Waals surface area contributed by atoms with Gasteiger partial charge in [-0.1, -0.05) is 32.9 Å². The number of ether oxygens (including phenoxy) is 1. The van der Waals surface area contributed by atoms with Crippen molar-refractivity contribution >= 4 is 35.3 Å². The average molecular weight is 449 g/mol. The highest BCUT2D eigenvalue weighted by Gasteiger charge is 2.57. The maximum absolute atomic E-state index is 12.7. The van der Waals surface area contributed by atoms with Crippen LogP contribution in [0, 0.1) is 17.8 Å². The number of hydrogen-bond acceptors (Lipinski definition) is 5. The molecule has 3 fully saturated rings. The summed E-state index contributed by atoms with van der Waals surface area (Å²) in [5, 5.41) is 0. The van der Waals surface area contributed by atoms with Crippen LogP contribution in [-0.2, 0) is 15.0 Å². The first-order valence-electron chi connectivity index (χ1n) is 10.9. The third kappa shape index (κ3) is 4.47. The van der Waals surface area contributed by atoms with E-state index in [4.69, 9.17) is 4.74 Å². The van der Waals surface area contributed by atoms with E-state index in [1.165, 1.54) is 29.9 Å². The Morgan fingerprint density at radius 2 is 1.63 bits per heavy atom. The fraction of sp³-hybridized carbons (Fsp3) is 0.652. The number of thioether (sulfide) groups is 2. The van der Waals surface area contributed by atoms with Gasteiger partial charge in [-0.25, -0.2) is 0 Å². The Morgan fingerprint density at radius 1 is 1.03 bits per heavy atom. The summed E-state index contributed by atoms with van der Waals surface area (Å²) >= 11 is 4.26. The van der Waals surface area contributed by atoms with Gasteiger partial charge in [-0.15, -0.1) is 23.5 Å². The first-order chi connectivity index (χ1) is 14.3. The Kier molecular flexibility index (Phi) is 6.31. The average Bonchev–Trinajstić information content (AvgIpc) is 3.25. The lowest BCUT2D eigenvalue weighted by molar-refractivity contribution is -0.133. The molecule has 4 rings (SSSR count). The fourth-order valence-corrected chi connectivity index (χ4v) is 9.02. The zero-order chi connectivity index (χ0) is 21.4. The summed E-state index contributed by atoms with van der Waals surface area (Å²) in [6.07, 6.45) is 4.36. The number of nitrogens with one attached hydrogen (secondary N) is 2. The standard InChI is InChI=1S/C23H32N2O3S2/c1-22(2,3)16-6-8-19(9-7-16)28-14-20(26)24-25-21(27)15-12-17-4-5-18(13-15)23(17)29-10-11-30-23/h6-9,15,17-18H,4-5,10-14H2,1-3H3,(H,24,26)(H,25,27). The maximum Gasteiger partial charge on any atom is 0.276 e. The molecular formula is C23H32N2O3S2. The minimum atomic E-state index is -0.347. The summed E-state index contributed by atoms with van der Waals surface area (Å²) in [6.45, 7) is 6.34. The normalized spacial score (nSPS) is 27.1. The number of hydrazine groups is 1. The number of carbonyl (C=O) groups excluding carboxylic acids is 2. The molecule has 5 nitrogen and oxygen atoms in total. The maximum atomic E-state index is 12.7. The molecule has 3 aliphatic rings.